The zero-order valence-corrected chi connectivity index (χ0v) is 14.6. The fourth-order valence-corrected chi connectivity index (χ4v) is 3.36. The number of aryl methyl sites for hydroxylation is 1. The van der Waals surface area contributed by atoms with E-state index in [4.69, 9.17) is 0 Å². The topological polar surface area (TPSA) is 54.8 Å². The van der Waals surface area contributed by atoms with Gasteiger partial charge in [-0.3, -0.25) is 0 Å². The molecule has 3 rings (SSSR count). The second-order valence-electron chi connectivity index (χ2n) is 5.59. The number of fused-ring (bicyclic) bond motifs is 1. The minimum Gasteiger partial charge on any atom is -0.357 e. The van der Waals surface area contributed by atoms with Crippen LogP contribution in [-0.4, -0.2) is 26.8 Å². The van der Waals surface area contributed by atoms with E-state index >= 15 is 0 Å². The lowest BCUT2D eigenvalue weighted by Gasteiger charge is -2.14. The molecular weight excluding hydrogens is 306 g/mol. The third kappa shape index (κ3) is 3.27. The van der Waals surface area contributed by atoms with E-state index in [9.17, 15) is 0 Å². The molecule has 6 heteroatoms. The summed E-state index contributed by atoms with van der Waals surface area (Å²) in [6, 6.07) is 10.3. The van der Waals surface area contributed by atoms with Crippen LogP contribution < -0.4 is 10.6 Å². The van der Waals surface area contributed by atoms with Crippen LogP contribution in [0.15, 0.2) is 41.4 Å². The number of benzene rings is 1. The first kappa shape index (κ1) is 15.7. The van der Waals surface area contributed by atoms with Crippen LogP contribution in [0.4, 0.5) is 17.5 Å². The van der Waals surface area contributed by atoms with Gasteiger partial charge in [-0.2, -0.15) is 4.98 Å². The Morgan fingerprint density at radius 1 is 1.13 bits per heavy atom. The molecule has 0 radical (unpaired) electrons. The molecule has 0 saturated carbocycles. The normalized spacial score (nSPS) is 11.2. The zero-order chi connectivity index (χ0) is 16.4. The number of nitrogens with one attached hydrogen (secondary N) is 2. The van der Waals surface area contributed by atoms with Gasteiger partial charge in [-0.1, -0.05) is 26.0 Å². The van der Waals surface area contributed by atoms with Crippen LogP contribution in [0.2, 0.25) is 0 Å². The van der Waals surface area contributed by atoms with Gasteiger partial charge in [0.1, 0.15) is 5.52 Å². The number of rotatable bonds is 5. The Balaban J connectivity index is 2.06. The summed E-state index contributed by atoms with van der Waals surface area (Å²) >= 11 is 1.84. The highest BCUT2D eigenvalue weighted by Gasteiger charge is 2.12. The Bertz CT molecular complexity index is 825. The van der Waals surface area contributed by atoms with Crippen molar-refractivity contribution in [2.24, 2.45) is 7.05 Å². The Hall–Kier alpha value is -2.21. The van der Waals surface area contributed by atoms with Gasteiger partial charge in [0.15, 0.2) is 5.82 Å². The molecule has 5 nitrogen and oxygen atoms in total. The first-order chi connectivity index (χ1) is 11.1. The zero-order valence-electron chi connectivity index (χ0n) is 13.8. The molecule has 2 heterocycles. The lowest BCUT2D eigenvalue weighted by Crippen LogP contribution is -2.04. The number of thioether (sulfide) groups is 1. The van der Waals surface area contributed by atoms with Gasteiger partial charge in [0.05, 0.1) is 11.2 Å². The molecule has 2 N–H and O–H groups in total. The molecule has 0 unspecified atom stereocenters. The Kier molecular flexibility index (Phi) is 4.43. The summed E-state index contributed by atoms with van der Waals surface area (Å²) in [6.45, 7) is 4.39. The minimum atomic E-state index is 0.520. The summed E-state index contributed by atoms with van der Waals surface area (Å²) in [5, 5.41) is 7.03. The SMILES string of the molecule is CNc1nc(Nc2ccccc2SC(C)C)c2c(ccn2C)n1. The summed E-state index contributed by atoms with van der Waals surface area (Å²) in [7, 11) is 3.83. The fraction of sp³-hybridized carbons (Fsp3) is 0.294. The van der Waals surface area contributed by atoms with Crippen LogP contribution in [0, 0.1) is 0 Å². The van der Waals surface area contributed by atoms with Crippen LogP contribution >= 0.6 is 11.8 Å². The van der Waals surface area contributed by atoms with Crippen molar-refractivity contribution in [3.63, 3.8) is 0 Å². The van der Waals surface area contributed by atoms with Gasteiger partial charge in [0.25, 0.3) is 0 Å². The fourth-order valence-electron chi connectivity index (χ4n) is 2.45. The van der Waals surface area contributed by atoms with E-state index in [1.165, 1.54) is 4.90 Å². The second kappa shape index (κ2) is 6.50. The van der Waals surface area contributed by atoms with Crippen LogP contribution in [-0.2, 0) is 7.05 Å². The third-order valence-electron chi connectivity index (χ3n) is 3.45. The number of aromatic nitrogens is 3. The number of hydrogen-bond acceptors (Lipinski definition) is 5. The quantitative estimate of drug-likeness (QED) is 0.686. The Morgan fingerprint density at radius 2 is 1.91 bits per heavy atom. The molecule has 0 spiro atoms. The molecule has 0 bridgehead atoms. The van der Waals surface area contributed by atoms with Crippen molar-refractivity contribution in [3.8, 4) is 0 Å². The van der Waals surface area contributed by atoms with Gasteiger partial charge in [0.2, 0.25) is 5.95 Å². The molecule has 23 heavy (non-hydrogen) atoms. The van der Waals surface area contributed by atoms with Crippen molar-refractivity contribution < 1.29 is 0 Å². The molecule has 0 fully saturated rings. The van der Waals surface area contributed by atoms with E-state index in [1.54, 1.807) is 0 Å². The Morgan fingerprint density at radius 3 is 2.65 bits per heavy atom. The maximum absolute atomic E-state index is 4.60. The molecule has 3 aromatic rings. The lowest BCUT2D eigenvalue weighted by molar-refractivity contribution is 0.964. The van der Waals surface area contributed by atoms with E-state index in [2.05, 4.69) is 52.6 Å². The van der Waals surface area contributed by atoms with Gasteiger partial charge in [0, 0.05) is 30.4 Å². The standard InChI is InChI=1S/C17H21N5S/c1-11(2)23-14-8-6-5-7-12(14)19-16-15-13(9-10-22(15)4)20-17(18-3)21-16/h5-11H,1-4H3,(H2,18,19,20,21). The van der Waals surface area contributed by atoms with Crippen LogP contribution in [0.5, 0.6) is 0 Å². The van der Waals surface area contributed by atoms with Crippen molar-refractivity contribution in [1.82, 2.24) is 14.5 Å². The van der Waals surface area contributed by atoms with E-state index in [1.807, 2.05) is 48.8 Å². The van der Waals surface area contributed by atoms with Crippen molar-refractivity contribution in [2.45, 2.75) is 24.0 Å². The number of nitrogens with zero attached hydrogens (tertiary/aromatic N) is 3. The molecule has 0 saturated heterocycles. The number of para-hydroxylation sites is 1. The van der Waals surface area contributed by atoms with Gasteiger partial charge >= 0.3 is 0 Å². The van der Waals surface area contributed by atoms with Crippen LogP contribution in [0.25, 0.3) is 11.0 Å². The summed E-state index contributed by atoms with van der Waals surface area (Å²) < 4.78 is 2.04. The van der Waals surface area contributed by atoms with Gasteiger partial charge in [-0.25, -0.2) is 4.98 Å². The van der Waals surface area contributed by atoms with Crippen LogP contribution in [0.3, 0.4) is 0 Å². The molecule has 0 atom stereocenters. The molecule has 0 amide bonds. The van der Waals surface area contributed by atoms with E-state index in [-0.39, 0.29) is 0 Å². The average Bonchev–Trinajstić information content (AvgIpc) is 2.90. The largest absolute Gasteiger partial charge is 0.357 e. The van der Waals surface area contributed by atoms with E-state index in [0.717, 1.165) is 22.5 Å². The molecule has 1 aromatic carbocycles. The minimum absolute atomic E-state index is 0.520. The highest BCUT2D eigenvalue weighted by atomic mass is 32.2. The summed E-state index contributed by atoms with van der Waals surface area (Å²) in [6.07, 6.45) is 2.00. The number of hydrogen-bond donors (Lipinski definition) is 2. The molecule has 120 valence electrons. The van der Waals surface area contributed by atoms with Gasteiger partial charge < -0.3 is 15.2 Å². The second-order valence-corrected chi connectivity index (χ2v) is 7.21. The van der Waals surface area contributed by atoms with Crippen molar-refractivity contribution in [3.05, 3.63) is 36.5 Å². The summed E-state index contributed by atoms with van der Waals surface area (Å²) in [5.41, 5.74) is 2.98. The van der Waals surface area contributed by atoms with Gasteiger partial charge in [-0.05, 0) is 18.2 Å². The molecule has 0 aliphatic carbocycles. The molecular formula is C17H21N5S. The summed E-state index contributed by atoms with van der Waals surface area (Å²) in [5.74, 6) is 1.42. The first-order valence-electron chi connectivity index (χ1n) is 7.62. The van der Waals surface area contributed by atoms with E-state index < -0.39 is 0 Å². The molecule has 0 aliphatic heterocycles. The maximum Gasteiger partial charge on any atom is 0.225 e. The smallest absolute Gasteiger partial charge is 0.225 e. The average molecular weight is 327 g/mol. The first-order valence-corrected chi connectivity index (χ1v) is 8.50. The Labute approximate surface area is 140 Å². The van der Waals surface area contributed by atoms with Crippen molar-refractivity contribution >= 4 is 40.2 Å². The third-order valence-corrected chi connectivity index (χ3v) is 4.53. The predicted molar refractivity (Wildman–Crippen MR) is 98.8 cm³/mol. The van der Waals surface area contributed by atoms with Crippen molar-refractivity contribution in [2.75, 3.05) is 17.7 Å². The highest BCUT2D eigenvalue weighted by Crippen LogP contribution is 2.33. The van der Waals surface area contributed by atoms with Crippen molar-refractivity contribution in [1.29, 1.82) is 0 Å². The predicted octanol–water partition coefficient (Wildman–Crippen LogP) is 4.25. The van der Waals surface area contributed by atoms with Gasteiger partial charge in [-0.15, -0.1) is 11.8 Å². The summed E-state index contributed by atoms with van der Waals surface area (Å²) in [4.78, 5) is 10.3. The number of anilines is 3. The molecule has 0 aliphatic rings. The van der Waals surface area contributed by atoms with Crippen LogP contribution in [0.1, 0.15) is 13.8 Å². The van der Waals surface area contributed by atoms with E-state index in [0.29, 0.717) is 11.2 Å². The maximum atomic E-state index is 4.60. The lowest BCUT2D eigenvalue weighted by atomic mass is 10.3. The molecule has 2 aromatic heterocycles. The monoisotopic (exact) mass is 327 g/mol. The highest BCUT2D eigenvalue weighted by molar-refractivity contribution is 8.00.